The van der Waals surface area contributed by atoms with Crippen LogP contribution < -0.4 is 5.32 Å². The third-order valence-corrected chi connectivity index (χ3v) is 4.60. The van der Waals surface area contributed by atoms with Crippen LogP contribution in [-0.4, -0.2) is 31.5 Å². The van der Waals surface area contributed by atoms with Crippen molar-refractivity contribution in [3.63, 3.8) is 0 Å². The molecule has 1 saturated heterocycles. The van der Waals surface area contributed by atoms with Crippen LogP contribution in [0.3, 0.4) is 0 Å². The monoisotopic (exact) mass is 273 g/mol. The summed E-state index contributed by atoms with van der Waals surface area (Å²) in [6.07, 6.45) is 1.91. The van der Waals surface area contributed by atoms with E-state index in [-0.39, 0.29) is 17.2 Å². The van der Waals surface area contributed by atoms with Crippen LogP contribution >= 0.6 is 22.9 Å². The number of ether oxygens (including phenoxy) is 1. The number of carbonyl (C=O) groups excluding carboxylic acids is 1. The first kappa shape index (κ1) is 12.9. The molecular formula is C12H16ClNO2S. The minimum Gasteiger partial charge on any atom is -0.381 e. The summed E-state index contributed by atoms with van der Waals surface area (Å²) < 4.78 is 5.42. The van der Waals surface area contributed by atoms with Gasteiger partial charge in [0.2, 0.25) is 5.91 Å². The van der Waals surface area contributed by atoms with Crippen LogP contribution in [0.25, 0.3) is 0 Å². The summed E-state index contributed by atoms with van der Waals surface area (Å²) in [5.74, 6) is -0.0779. The number of rotatable bonds is 4. The van der Waals surface area contributed by atoms with E-state index in [1.807, 2.05) is 0 Å². The van der Waals surface area contributed by atoms with Crippen molar-refractivity contribution in [3.8, 4) is 0 Å². The molecule has 0 unspecified atom stereocenters. The first-order chi connectivity index (χ1) is 8.27. The van der Waals surface area contributed by atoms with Crippen LogP contribution in [0.5, 0.6) is 0 Å². The van der Waals surface area contributed by atoms with Gasteiger partial charge >= 0.3 is 0 Å². The average molecular weight is 274 g/mol. The van der Waals surface area contributed by atoms with Crippen molar-refractivity contribution < 1.29 is 9.53 Å². The summed E-state index contributed by atoms with van der Waals surface area (Å²) in [5.41, 5.74) is 0.0358. The molecule has 1 N–H and O–H groups in total. The van der Waals surface area contributed by atoms with Gasteiger partial charge in [-0.1, -0.05) is 6.07 Å². The van der Waals surface area contributed by atoms with Crippen LogP contribution in [0.2, 0.25) is 0 Å². The molecule has 0 spiro atoms. The lowest BCUT2D eigenvalue weighted by Crippen LogP contribution is -2.44. The summed E-state index contributed by atoms with van der Waals surface area (Å²) in [7, 11) is 0. The van der Waals surface area contributed by atoms with Crippen molar-refractivity contribution in [1.82, 2.24) is 5.32 Å². The highest BCUT2D eigenvalue weighted by Crippen LogP contribution is 2.36. The van der Waals surface area contributed by atoms with E-state index >= 15 is 0 Å². The Bertz CT molecular complexity index is 361. The first-order valence-corrected chi connectivity index (χ1v) is 7.13. The lowest BCUT2D eigenvalue weighted by Gasteiger charge is -2.36. The van der Waals surface area contributed by atoms with Gasteiger partial charge in [0.15, 0.2) is 0 Å². The number of hydrogen-bond donors (Lipinski definition) is 1. The van der Waals surface area contributed by atoms with Crippen molar-refractivity contribution in [1.29, 1.82) is 0 Å². The van der Waals surface area contributed by atoms with Crippen LogP contribution in [0.4, 0.5) is 0 Å². The summed E-state index contributed by atoms with van der Waals surface area (Å²) in [6.45, 7) is 2.17. The molecule has 3 nitrogen and oxygen atoms in total. The van der Waals surface area contributed by atoms with Crippen molar-refractivity contribution in [3.05, 3.63) is 22.4 Å². The predicted molar refractivity (Wildman–Crippen MR) is 69.8 cm³/mol. The second-order valence-electron chi connectivity index (χ2n) is 4.28. The van der Waals surface area contributed by atoms with Crippen LogP contribution in [0.1, 0.15) is 17.7 Å². The molecule has 17 heavy (non-hydrogen) atoms. The lowest BCUT2D eigenvalue weighted by atomic mass is 9.78. The minimum atomic E-state index is -0.103. The maximum atomic E-state index is 11.3. The van der Waals surface area contributed by atoms with Crippen molar-refractivity contribution in [2.24, 2.45) is 0 Å². The average Bonchev–Trinajstić information content (AvgIpc) is 2.91. The van der Waals surface area contributed by atoms with E-state index in [9.17, 15) is 4.79 Å². The molecule has 1 aliphatic heterocycles. The topological polar surface area (TPSA) is 38.3 Å². The third-order valence-electron chi connectivity index (χ3n) is 3.24. The molecular weight excluding hydrogens is 258 g/mol. The highest BCUT2D eigenvalue weighted by atomic mass is 35.5. The number of hydrogen-bond acceptors (Lipinski definition) is 3. The number of alkyl halides is 1. The Hall–Kier alpha value is -0.580. The molecule has 0 bridgehead atoms. The van der Waals surface area contributed by atoms with Crippen molar-refractivity contribution >= 4 is 28.8 Å². The van der Waals surface area contributed by atoms with Crippen molar-refractivity contribution in [2.45, 2.75) is 18.3 Å². The Morgan fingerprint density at radius 1 is 1.53 bits per heavy atom. The van der Waals surface area contributed by atoms with Gasteiger partial charge in [0.25, 0.3) is 0 Å². The maximum Gasteiger partial charge on any atom is 0.234 e. The summed E-state index contributed by atoms with van der Waals surface area (Å²) in [4.78, 5) is 12.6. The van der Waals surface area contributed by atoms with E-state index in [0.717, 1.165) is 26.1 Å². The molecule has 1 fully saturated rings. The van der Waals surface area contributed by atoms with E-state index in [4.69, 9.17) is 16.3 Å². The van der Waals surface area contributed by atoms with E-state index in [0.29, 0.717) is 6.54 Å². The number of nitrogens with one attached hydrogen (secondary N) is 1. The zero-order valence-corrected chi connectivity index (χ0v) is 11.1. The van der Waals surface area contributed by atoms with Gasteiger partial charge < -0.3 is 10.1 Å². The Morgan fingerprint density at radius 3 is 2.88 bits per heavy atom. The summed E-state index contributed by atoms with van der Waals surface area (Å²) >= 11 is 7.25. The smallest absolute Gasteiger partial charge is 0.234 e. The fourth-order valence-corrected chi connectivity index (χ4v) is 3.25. The SMILES string of the molecule is O=C(CCl)NCC1(c2cccs2)CCOCC1. The Kier molecular flexibility index (Phi) is 4.42. The number of carbonyl (C=O) groups is 1. The fourth-order valence-electron chi connectivity index (χ4n) is 2.17. The quantitative estimate of drug-likeness (QED) is 0.854. The van der Waals surface area contributed by atoms with Gasteiger partial charge in [-0.15, -0.1) is 22.9 Å². The number of thiophene rings is 1. The molecule has 0 aliphatic carbocycles. The Labute approximate surface area is 110 Å². The zero-order valence-electron chi connectivity index (χ0n) is 9.58. The highest BCUT2D eigenvalue weighted by molar-refractivity contribution is 7.10. The van der Waals surface area contributed by atoms with Crippen molar-refractivity contribution in [2.75, 3.05) is 25.6 Å². The predicted octanol–water partition coefficient (Wildman–Crippen LogP) is 2.15. The van der Waals surface area contributed by atoms with E-state index in [1.54, 1.807) is 11.3 Å². The summed E-state index contributed by atoms with van der Waals surface area (Å²) in [6, 6.07) is 4.20. The van der Waals surface area contributed by atoms with Gasteiger partial charge in [-0.25, -0.2) is 0 Å². The second kappa shape index (κ2) is 5.85. The molecule has 1 aromatic heterocycles. The van der Waals surface area contributed by atoms with Crippen LogP contribution in [0.15, 0.2) is 17.5 Å². The summed E-state index contributed by atoms with van der Waals surface area (Å²) in [5, 5.41) is 4.99. The fraction of sp³-hybridized carbons (Fsp3) is 0.583. The van der Waals surface area contributed by atoms with Gasteiger partial charge in [0.05, 0.1) is 0 Å². The Balaban J connectivity index is 2.10. The van der Waals surface area contributed by atoms with Gasteiger partial charge in [0.1, 0.15) is 5.88 Å². The van der Waals surface area contributed by atoms with E-state index in [2.05, 4.69) is 22.8 Å². The van der Waals surface area contributed by atoms with E-state index in [1.165, 1.54) is 4.88 Å². The molecule has 0 saturated carbocycles. The zero-order chi connectivity index (χ0) is 12.1. The van der Waals surface area contributed by atoms with Gasteiger partial charge in [-0.05, 0) is 24.3 Å². The largest absolute Gasteiger partial charge is 0.381 e. The maximum absolute atomic E-state index is 11.3. The van der Waals surface area contributed by atoms with Crippen LogP contribution in [0, 0.1) is 0 Å². The lowest BCUT2D eigenvalue weighted by molar-refractivity contribution is -0.119. The molecule has 1 aromatic rings. The number of halogens is 1. The second-order valence-corrected chi connectivity index (χ2v) is 5.50. The molecule has 5 heteroatoms. The highest BCUT2D eigenvalue weighted by Gasteiger charge is 2.35. The molecule has 94 valence electrons. The molecule has 0 aromatic carbocycles. The molecule has 0 atom stereocenters. The van der Waals surface area contributed by atoms with Crippen LogP contribution in [-0.2, 0) is 14.9 Å². The van der Waals surface area contributed by atoms with Gasteiger partial charge in [0, 0.05) is 30.1 Å². The van der Waals surface area contributed by atoms with E-state index < -0.39 is 0 Å². The van der Waals surface area contributed by atoms with Gasteiger partial charge in [-0.2, -0.15) is 0 Å². The third kappa shape index (κ3) is 3.00. The molecule has 1 amide bonds. The first-order valence-electron chi connectivity index (χ1n) is 5.71. The standard InChI is InChI=1S/C12H16ClNO2S/c13-8-11(15)14-9-12(3-5-16-6-4-12)10-2-1-7-17-10/h1-2,7H,3-6,8-9H2,(H,14,15). The normalized spacial score (nSPS) is 18.9. The number of amides is 1. The molecule has 2 rings (SSSR count). The molecule has 2 heterocycles. The Morgan fingerprint density at radius 2 is 2.29 bits per heavy atom. The van der Waals surface area contributed by atoms with Gasteiger partial charge in [-0.3, -0.25) is 4.79 Å². The molecule has 1 aliphatic rings. The minimum absolute atomic E-state index is 0.0248. The molecule has 0 radical (unpaired) electrons.